The summed E-state index contributed by atoms with van der Waals surface area (Å²) in [7, 11) is 5.53. The molecule has 35 heavy (non-hydrogen) atoms. The van der Waals surface area contributed by atoms with E-state index in [4.69, 9.17) is 9.47 Å². The van der Waals surface area contributed by atoms with Crippen LogP contribution in [0.3, 0.4) is 0 Å². The van der Waals surface area contributed by atoms with Gasteiger partial charge in [-0.15, -0.1) is 0 Å². The number of likely N-dealkylation sites (tertiary alicyclic amines) is 1. The quantitative estimate of drug-likeness (QED) is 0.304. The van der Waals surface area contributed by atoms with Crippen molar-refractivity contribution in [2.24, 2.45) is 0 Å². The summed E-state index contributed by atoms with van der Waals surface area (Å²) in [5, 5.41) is 11.4. The molecule has 1 unspecified atom stereocenters. The third-order valence-electron chi connectivity index (χ3n) is 6.15. The summed E-state index contributed by atoms with van der Waals surface area (Å²) in [5.74, 6) is 0.0347. The summed E-state index contributed by atoms with van der Waals surface area (Å²) in [4.78, 5) is 30.1. The smallest absolute Gasteiger partial charge is 0.295 e. The third kappa shape index (κ3) is 5.68. The number of hydrogen-bond donors (Lipinski definition) is 1. The second-order valence-electron chi connectivity index (χ2n) is 9.27. The minimum atomic E-state index is -0.706. The molecule has 7 nitrogen and oxygen atoms in total. The minimum Gasteiger partial charge on any atom is -0.507 e. The molecule has 0 radical (unpaired) electrons. The van der Waals surface area contributed by atoms with Gasteiger partial charge in [-0.1, -0.05) is 26.0 Å². The van der Waals surface area contributed by atoms with Gasteiger partial charge in [-0.25, -0.2) is 0 Å². The fourth-order valence-corrected chi connectivity index (χ4v) is 4.44. The number of Topliss-reactive ketones (excluding diaryl/α,β-unsaturated/α-hetero) is 1. The van der Waals surface area contributed by atoms with E-state index >= 15 is 0 Å². The molecular formula is C28H36N2O5. The van der Waals surface area contributed by atoms with Gasteiger partial charge in [0.15, 0.2) is 0 Å². The number of ether oxygens (including phenoxy) is 2. The number of amides is 1. The second kappa shape index (κ2) is 11.4. The molecule has 1 aliphatic heterocycles. The maximum absolute atomic E-state index is 13.3. The number of aliphatic hydroxyl groups is 1. The molecule has 0 bridgehead atoms. The topological polar surface area (TPSA) is 79.3 Å². The molecule has 2 aromatic carbocycles. The van der Waals surface area contributed by atoms with Gasteiger partial charge < -0.3 is 24.4 Å². The molecule has 0 aromatic heterocycles. The predicted octanol–water partition coefficient (Wildman–Crippen LogP) is 4.59. The van der Waals surface area contributed by atoms with E-state index < -0.39 is 17.7 Å². The molecule has 1 heterocycles. The van der Waals surface area contributed by atoms with Crippen LogP contribution in [-0.2, 0) is 9.59 Å². The van der Waals surface area contributed by atoms with E-state index in [1.54, 1.807) is 24.1 Å². The van der Waals surface area contributed by atoms with Gasteiger partial charge in [-0.05, 0) is 81.4 Å². The summed E-state index contributed by atoms with van der Waals surface area (Å²) in [6, 6.07) is 12.0. The van der Waals surface area contributed by atoms with Crippen molar-refractivity contribution >= 4 is 17.4 Å². The molecule has 2 aromatic rings. The molecule has 0 saturated carbocycles. The van der Waals surface area contributed by atoms with Crippen LogP contribution in [0.25, 0.3) is 5.76 Å². The molecule has 1 fully saturated rings. The lowest BCUT2D eigenvalue weighted by Gasteiger charge is -2.26. The van der Waals surface area contributed by atoms with Crippen molar-refractivity contribution in [1.82, 2.24) is 9.80 Å². The lowest BCUT2D eigenvalue weighted by molar-refractivity contribution is -0.139. The first-order chi connectivity index (χ1) is 16.7. The summed E-state index contributed by atoms with van der Waals surface area (Å²) < 4.78 is 11.1. The first-order valence-electron chi connectivity index (χ1n) is 12.0. The zero-order valence-electron chi connectivity index (χ0n) is 21.5. The molecule has 0 spiro atoms. The number of methoxy groups -OCH3 is 1. The number of carbonyl (C=O) groups is 2. The van der Waals surface area contributed by atoms with Crippen LogP contribution in [0.5, 0.6) is 11.5 Å². The van der Waals surface area contributed by atoms with Crippen LogP contribution in [0.2, 0.25) is 0 Å². The molecule has 1 N–H and O–H groups in total. The number of ketones is 1. The van der Waals surface area contributed by atoms with Gasteiger partial charge in [0.1, 0.15) is 17.3 Å². The fourth-order valence-electron chi connectivity index (χ4n) is 4.44. The molecule has 1 atom stereocenters. The molecule has 1 amide bonds. The zero-order chi connectivity index (χ0) is 25.7. The first-order valence-corrected chi connectivity index (χ1v) is 12.0. The van der Waals surface area contributed by atoms with Gasteiger partial charge in [0, 0.05) is 12.1 Å². The maximum Gasteiger partial charge on any atom is 0.295 e. The lowest BCUT2D eigenvalue weighted by Crippen LogP contribution is -2.32. The van der Waals surface area contributed by atoms with E-state index in [0.29, 0.717) is 36.6 Å². The Kier molecular flexibility index (Phi) is 8.57. The van der Waals surface area contributed by atoms with Gasteiger partial charge in [-0.3, -0.25) is 9.59 Å². The number of hydrogen-bond acceptors (Lipinski definition) is 6. The number of rotatable bonds is 10. The Balaban J connectivity index is 2.15. The average Bonchev–Trinajstić information content (AvgIpc) is 3.08. The highest BCUT2D eigenvalue weighted by Crippen LogP contribution is 2.41. The predicted molar refractivity (Wildman–Crippen MR) is 137 cm³/mol. The molecule has 1 aliphatic rings. The maximum atomic E-state index is 13.3. The minimum absolute atomic E-state index is 0.0911. The molecule has 7 heteroatoms. The lowest BCUT2D eigenvalue weighted by atomic mass is 9.93. The summed E-state index contributed by atoms with van der Waals surface area (Å²) >= 11 is 0. The van der Waals surface area contributed by atoms with Crippen LogP contribution in [0, 0.1) is 0 Å². The van der Waals surface area contributed by atoms with Gasteiger partial charge in [0.25, 0.3) is 11.7 Å². The molecule has 1 saturated heterocycles. The molecule has 0 aliphatic carbocycles. The normalized spacial score (nSPS) is 17.5. The van der Waals surface area contributed by atoms with E-state index in [0.717, 1.165) is 17.7 Å². The zero-order valence-corrected chi connectivity index (χ0v) is 21.5. The number of benzene rings is 2. The SMILES string of the molecule is CCOc1cccc(C2/C(=C(\O)c3ccc(OC)c(C(C)C)c3)C(=O)C(=O)N2CCCN(C)C)c1. The Labute approximate surface area is 207 Å². The van der Waals surface area contributed by atoms with Gasteiger partial charge in [0.05, 0.1) is 25.3 Å². The standard InChI is InChI=1S/C28H36N2O5/c1-7-35-21-11-8-10-19(16-21)25-24(27(32)28(33)30(25)15-9-14-29(4)5)26(31)20-12-13-23(34-6)22(17-20)18(2)3/h8,10-13,16-18,25,31H,7,9,14-15H2,1-6H3/b26-24+. The third-order valence-corrected chi connectivity index (χ3v) is 6.15. The van der Waals surface area contributed by atoms with Crippen molar-refractivity contribution in [1.29, 1.82) is 0 Å². The monoisotopic (exact) mass is 480 g/mol. The van der Waals surface area contributed by atoms with Crippen LogP contribution in [0.15, 0.2) is 48.0 Å². The summed E-state index contributed by atoms with van der Waals surface area (Å²) in [6.45, 7) is 7.62. The highest BCUT2D eigenvalue weighted by molar-refractivity contribution is 6.46. The average molecular weight is 481 g/mol. The van der Waals surface area contributed by atoms with E-state index in [1.807, 2.05) is 70.1 Å². The Morgan fingerprint density at radius 2 is 1.89 bits per heavy atom. The first kappa shape index (κ1) is 26.3. The highest BCUT2D eigenvalue weighted by Gasteiger charge is 2.46. The van der Waals surface area contributed by atoms with Crippen molar-refractivity contribution in [2.75, 3.05) is 40.9 Å². The number of nitrogens with zero attached hydrogens (tertiary/aromatic N) is 2. The van der Waals surface area contributed by atoms with E-state index in [2.05, 4.69) is 0 Å². The molecule has 3 rings (SSSR count). The highest BCUT2D eigenvalue weighted by atomic mass is 16.5. The number of aliphatic hydroxyl groups excluding tert-OH is 1. The summed E-state index contributed by atoms with van der Waals surface area (Å²) in [6.07, 6.45) is 0.696. The Bertz CT molecular complexity index is 1110. The second-order valence-corrected chi connectivity index (χ2v) is 9.27. The van der Waals surface area contributed by atoms with Crippen LogP contribution in [0.1, 0.15) is 55.8 Å². The van der Waals surface area contributed by atoms with E-state index in [1.165, 1.54) is 0 Å². The van der Waals surface area contributed by atoms with E-state index in [-0.39, 0.29) is 17.3 Å². The molecule has 188 valence electrons. The summed E-state index contributed by atoms with van der Waals surface area (Å²) in [5.41, 5.74) is 2.20. The Hall–Kier alpha value is -3.32. The van der Waals surface area contributed by atoms with Crippen molar-refractivity contribution in [2.45, 2.75) is 39.2 Å². The fraction of sp³-hybridized carbons (Fsp3) is 0.429. The van der Waals surface area contributed by atoms with Gasteiger partial charge in [-0.2, -0.15) is 0 Å². The van der Waals surface area contributed by atoms with Crippen LogP contribution in [-0.4, -0.2) is 67.5 Å². The van der Waals surface area contributed by atoms with Crippen LogP contribution < -0.4 is 9.47 Å². The Morgan fingerprint density at radius 1 is 1.14 bits per heavy atom. The van der Waals surface area contributed by atoms with Crippen molar-refractivity contribution in [3.8, 4) is 11.5 Å². The van der Waals surface area contributed by atoms with E-state index in [9.17, 15) is 14.7 Å². The largest absolute Gasteiger partial charge is 0.507 e. The van der Waals surface area contributed by atoms with Crippen LogP contribution in [0.4, 0.5) is 0 Å². The Morgan fingerprint density at radius 3 is 2.51 bits per heavy atom. The van der Waals surface area contributed by atoms with Gasteiger partial charge >= 0.3 is 0 Å². The van der Waals surface area contributed by atoms with Crippen molar-refractivity contribution in [3.05, 3.63) is 64.7 Å². The van der Waals surface area contributed by atoms with Crippen molar-refractivity contribution in [3.63, 3.8) is 0 Å². The number of carbonyl (C=O) groups excluding carboxylic acids is 2. The van der Waals surface area contributed by atoms with Gasteiger partial charge in [0.2, 0.25) is 0 Å². The molecular weight excluding hydrogens is 444 g/mol. The van der Waals surface area contributed by atoms with Crippen molar-refractivity contribution < 1.29 is 24.2 Å². The van der Waals surface area contributed by atoms with Crippen LogP contribution >= 0.6 is 0 Å².